The second-order valence-corrected chi connectivity index (χ2v) is 13.3. The first-order valence-electron chi connectivity index (χ1n) is 14.4. The molecule has 0 spiro atoms. The lowest BCUT2D eigenvalue weighted by atomic mass is 9.44. The van der Waals surface area contributed by atoms with Crippen molar-refractivity contribution in [2.24, 2.45) is 28.4 Å². The fourth-order valence-electron chi connectivity index (χ4n) is 9.02. The molecule has 0 radical (unpaired) electrons. The minimum atomic E-state index is -1.05. The number of nitrogens with one attached hydrogen (secondary N) is 1. The number of aliphatic hydroxyl groups excluding tert-OH is 2. The van der Waals surface area contributed by atoms with Crippen LogP contribution in [0.15, 0.2) is 39.3 Å². The zero-order chi connectivity index (χ0) is 27.0. The number of rotatable bonds is 3. The molecule has 0 amide bonds. The highest BCUT2D eigenvalue weighted by Crippen LogP contribution is 2.68. The number of fused-ring (bicyclic) bond motifs is 5. The summed E-state index contributed by atoms with van der Waals surface area (Å²) in [5, 5.41) is 24.4. The summed E-state index contributed by atoms with van der Waals surface area (Å²) in [6.07, 6.45) is 7.37. The molecule has 5 N–H and O–H groups in total. The highest BCUT2D eigenvalue weighted by molar-refractivity contribution is 5.30. The van der Waals surface area contributed by atoms with Gasteiger partial charge in [0.25, 0.3) is 0 Å². The number of ether oxygens (including phenoxy) is 2. The van der Waals surface area contributed by atoms with Gasteiger partial charge in [0.05, 0.1) is 30.6 Å². The lowest BCUT2D eigenvalue weighted by Crippen LogP contribution is -2.65. The van der Waals surface area contributed by atoms with Gasteiger partial charge in [-0.05, 0) is 81.3 Å². The van der Waals surface area contributed by atoms with Crippen LogP contribution in [0, 0.1) is 22.7 Å². The van der Waals surface area contributed by atoms with Crippen LogP contribution in [0.5, 0.6) is 0 Å². The molecule has 2 saturated carbocycles. The van der Waals surface area contributed by atoms with Gasteiger partial charge in [-0.1, -0.05) is 25.5 Å². The van der Waals surface area contributed by atoms with Crippen molar-refractivity contribution >= 4 is 0 Å². The Morgan fingerprint density at radius 2 is 1.84 bits per heavy atom. The maximum Gasteiger partial charge on any atom is 0.335 e. The summed E-state index contributed by atoms with van der Waals surface area (Å²) >= 11 is 0. The molecule has 0 bridgehead atoms. The Labute approximate surface area is 225 Å². The van der Waals surface area contributed by atoms with E-state index in [4.69, 9.17) is 19.6 Å². The molecule has 4 fully saturated rings. The summed E-state index contributed by atoms with van der Waals surface area (Å²) in [4.78, 5) is 11.6. The van der Waals surface area contributed by atoms with E-state index >= 15 is 0 Å². The Hall–Kier alpha value is -1.55. The Bertz CT molecular complexity index is 1130. The van der Waals surface area contributed by atoms with Crippen LogP contribution in [0.25, 0.3) is 0 Å². The van der Waals surface area contributed by atoms with Gasteiger partial charge in [0.1, 0.15) is 18.4 Å². The monoisotopic (exact) mass is 528 g/mol. The SMILES string of the molecule is C[C@@H]1O[C@@H](N[C@@H]2C=C3CC[C@@H]4[C@H](CC[C@]5(C)[C@@H](c6ccc(=O)oc6)CO[C@@]45C)[C@@]3(C)CC2)[C@H](O)[C@H](O)[C@H]1N. The average molecular weight is 529 g/mol. The van der Waals surface area contributed by atoms with Crippen molar-refractivity contribution in [1.29, 1.82) is 0 Å². The highest BCUT2D eigenvalue weighted by atomic mass is 16.5. The first kappa shape index (κ1) is 26.7. The summed E-state index contributed by atoms with van der Waals surface area (Å²) in [6.45, 7) is 9.68. The highest BCUT2D eigenvalue weighted by Gasteiger charge is 2.66. The van der Waals surface area contributed by atoms with Crippen LogP contribution in [0.3, 0.4) is 0 Å². The van der Waals surface area contributed by atoms with Gasteiger partial charge in [-0.2, -0.15) is 0 Å². The predicted molar refractivity (Wildman–Crippen MR) is 142 cm³/mol. The summed E-state index contributed by atoms with van der Waals surface area (Å²) in [6, 6.07) is 2.94. The van der Waals surface area contributed by atoms with Gasteiger partial charge in [0, 0.05) is 23.4 Å². The minimum Gasteiger partial charge on any atom is -0.431 e. The quantitative estimate of drug-likeness (QED) is 0.441. The van der Waals surface area contributed by atoms with Crippen LogP contribution in [0.4, 0.5) is 0 Å². The fraction of sp³-hybridized carbons (Fsp3) is 0.767. The second-order valence-electron chi connectivity index (χ2n) is 13.3. The van der Waals surface area contributed by atoms with Crippen molar-refractivity contribution in [3.63, 3.8) is 0 Å². The molecule has 2 aliphatic heterocycles. The number of allylic oxidation sites excluding steroid dienone is 1. The topological polar surface area (TPSA) is 127 Å². The van der Waals surface area contributed by atoms with Gasteiger partial charge in [-0.3, -0.25) is 5.32 Å². The first-order chi connectivity index (χ1) is 18.0. The zero-order valence-corrected chi connectivity index (χ0v) is 23.1. The largest absolute Gasteiger partial charge is 0.431 e. The lowest BCUT2D eigenvalue weighted by molar-refractivity contribution is -0.186. The zero-order valence-electron chi connectivity index (χ0n) is 23.1. The predicted octanol–water partition coefficient (Wildman–Crippen LogP) is 2.82. The molecular weight excluding hydrogens is 484 g/mol. The van der Waals surface area contributed by atoms with E-state index in [9.17, 15) is 15.0 Å². The maximum absolute atomic E-state index is 11.6. The van der Waals surface area contributed by atoms with E-state index in [-0.39, 0.29) is 40.1 Å². The third kappa shape index (κ3) is 3.82. The molecular formula is C30H44N2O6. The molecule has 12 atom stereocenters. The molecule has 5 aliphatic rings. The number of aliphatic hydroxyl groups is 2. The van der Waals surface area contributed by atoms with Crippen LogP contribution >= 0.6 is 0 Å². The summed E-state index contributed by atoms with van der Waals surface area (Å²) in [7, 11) is 0. The van der Waals surface area contributed by atoms with Crippen LogP contribution in [-0.4, -0.2) is 59.0 Å². The molecule has 210 valence electrons. The molecule has 0 aromatic carbocycles. The number of nitrogens with two attached hydrogens (primary N) is 1. The van der Waals surface area contributed by atoms with Gasteiger partial charge < -0.3 is 29.8 Å². The summed E-state index contributed by atoms with van der Waals surface area (Å²) < 4.78 is 18.0. The van der Waals surface area contributed by atoms with Gasteiger partial charge in [-0.15, -0.1) is 0 Å². The van der Waals surface area contributed by atoms with Crippen molar-refractivity contribution in [3.8, 4) is 0 Å². The minimum absolute atomic E-state index is 0.0166. The molecule has 38 heavy (non-hydrogen) atoms. The van der Waals surface area contributed by atoms with Crippen molar-refractivity contribution < 1.29 is 24.1 Å². The Morgan fingerprint density at radius 3 is 2.58 bits per heavy atom. The van der Waals surface area contributed by atoms with Gasteiger partial charge in [0.15, 0.2) is 0 Å². The molecule has 8 nitrogen and oxygen atoms in total. The Kier molecular flexibility index (Phi) is 6.49. The number of hydrogen-bond donors (Lipinski definition) is 4. The Morgan fingerprint density at radius 1 is 1.05 bits per heavy atom. The molecule has 6 rings (SSSR count). The van der Waals surface area contributed by atoms with Crippen LogP contribution in [0.2, 0.25) is 0 Å². The molecule has 1 aromatic heterocycles. The van der Waals surface area contributed by atoms with Crippen LogP contribution < -0.4 is 16.7 Å². The van der Waals surface area contributed by atoms with Crippen molar-refractivity contribution in [1.82, 2.24) is 5.32 Å². The molecule has 3 heterocycles. The van der Waals surface area contributed by atoms with E-state index < -0.39 is 24.5 Å². The smallest absolute Gasteiger partial charge is 0.335 e. The first-order valence-corrected chi connectivity index (χ1v) is 14.4. The molecule has 1 aromatic rings. The van der Waals surface area contributed by atoms with Crippen LogP contribution in [-0.2, 0) is 9.47 Å². The van der Waals surface area contributed by atoms with E-state index in [0.717, 1.165) is 44.1 Å². The van der Waals surface area contributed by atoms with Crippen molar-refractivity contribution in [2.75, 3.05) is 6.61 Å². The molecule has 2 saturated heterocycles. The van der Waals surface area contributed by atoms with Gasteiger partial charge in [-0.25, -0.2) is 4.79 Å². The number of hydrogen-bond acceptors (Lipinski definition) is 8. The van der Waals surface area contributed by atoms with Crippen LogP contribution in [0.1, 0.15) is 77.7 Å². The van der Waals surface area contributed by atoms with E-state index in [1.165, 1.54) is 11.6 Å². The normalized spacial score (nSPS) is 50.5. The second kappa shape index (κ2) is 9.25. The average Bonchev–Trinajstić information content (AvgIpc) is 3.18. The van der Waals surface area contributed by atoms with E-state index in [0.29, 0.717) is 18.4 Å². The third-order valence-electron chi connectivity index (χ3n) is 11.7. The van der Waals surface area contributed by atoms with Gasteiger partial charge in [0.2, 0.25) is 0 Å². The standard InChI is InChI=1S/C30H44N2O6/c1-16-24(31)25(34)26(35)27(38-16)32-19-9-11-28(2)18(13-19)6-7-21-20(28)10-12-29(3)22(15-37-30(21,29)4)17-5-8-23(33)36-14-17/h5,8,13-14,16,19-22,24-27,32,34-35H,6-7,9-12,15,31H2,1-4H3/t16-,19-,20-,21+,22+,24-,25+,26+,27+,28-,29+,30-/m0/s1. The Balaban J connectivity index is 1.21. The van der Waals surface area contributed by atoms with E-state index in [1.807, 2.05) is 13.0 Å². The molecule has 3 aliphatic carbocycles. The van der Waals surface area contributed by atoms with Crippen molar-refractivity contribution in [2.45, 2.75) is 114 Å². The van der Waals surface area contributed by atoms with E-state index in [2.05, 4.69) is 32.2 Å². The third-order valence-corrected chi connectivity index (χ3v) is 11.7. The van der Waals surface area contributed by atoms with Crippen molar-refractivity contribution in [3.05, 3.63) is 46.0 Å². The van der Waals surface area contributed by atoms with Gasteiger partial charge >= 0.3 is 5.63 Å². The summed E-state index contributed by atoms with van der Waals surface area (Å²) in [5.41, 5.74) is 8.11. The van der Waals surface area contributed by atoms with E-state index in [1.54, 1.807) is 6.26 Å². The maximum atomic E-state index is 11.6. The molecule has 8 heteroatoms. The lowest BCUT2D eigenvalue weighted by Gasteiger charge is -2.62. The fourth-order valence-corrected chi connectivity index (χ4v) is 9.02. The molecule has 0 unspecified atom stereocenters. The summed E-state index contributed by atoms with van der Waals surface area (Å²) in [5.74, 6) is 1.23.